The summed E-state index contributed by atoms with van der Waals surface area (Å²) < 4.78 is 6.73. The quantitative estimate of drug-likeness (QED) is 0.627. The highest BCUT2D eigenvalue weighted by Gasteiger charge is 2.18. The van der Waals surface area contributed by atoms with Crippen LogP contribution in [0.4, 0.5) is 0 Å². The highest BCUT2D eigenvalue weighted by Crippen LogP contribution is 2.11. The fourth-order valence-electron chi connectivity index (χ4n) is 1.86. The Labute approximate surface area is 105 Å². The maximum absolute atomic E-state index is 5.65. The normalized spacial score (nSPS) is 22.9. The van der Waals surface area contributed by atoms with Crippen LogP contribution in [0.25, 0.3) is 0 Å². The molecule has 3 heteroatoms. The van der Waals surface area contributed by atoms with Crippen LogP contribution in [0, 0.1) is 0 Å². The summed E-state index contributed by atoms with van der Waals surface area (Å²) in [6.07, 6.45) is 0.420. The molecule has 2 nitrogen and oxygen atoms in total. The molecule has 0 N–H and O–H groups in total. The van der Waals surface area contributed by atoms with Crippen LogP contribution in [0.3, 0.4) is 0 Å². The average molecular weight is 317 g/mol. The number of benzene rings is 1. The zero-order valence-electron chi connectivity index (χ0n) is 8.73. The highest BCUT2D eigenvalue weighted by atomic mass is 127. The van der Waals surface area contributed by atoms with Gasteiger partial charge in [-0.2, -0.15) is 0 Å². The number of alkyl halides is 1. The second-order valence-electron chi connectivity index (χ2n) is 3.87. The molecule has 1 aliphatic heterocycles. The second-order valence-corrected chi connectivity index (χ2v) is 4.75. The molecule has 1 fully saturated rings. The topological polar surface area (TPSA) is 12.5 Å². The second kappa shape index (κ2) is 5.82. The van der Waals surface area contributed by atoms with E-state index in [0.717, 1.165) is 30.7 Å². The van der Waals surface area contributed by atoms with Crippen LogP contribution < -0.4 is 0 Å². The predicted molar refractivity (Wildman–Crippen MR) is 70.3 cm³/mol. The summed E-state index contributed by atoms with van der Waals surface area (Å²) in [4.78, 5) is 2.47. The molecule has 0 aromatic heterocycles. The van der Waals surface area contributed by atoms with Crippen LogP contribution in [0.1, 0.15) is 5.56 Å². The maximum atomic E-state index is 5.65. The van der Waals surface area contributed by atoms with Crippen molar-refractivity contribution in [1.29, 1.82) is 0 Å². The summed E-state index contributed by atoms with van der Waals surface area (Å²) >= 11 is 2.40. The third kappa shape index (κ3) is 3.43. The Balaban J connectivity index is 1.89. The van der Waals surface area contributed by atoms with Crippen molar-refractivity contribution in [2.45, 2.75) is 12.6 Å². The third-order valence-corrected chi connectivity index (χ3v) is 3.63. The summed E-state index contributed by atoms with van der Waals surface area (Å²) in [5.41, 5.74) is 1.40. The molecule has 2 rings (SSSR count). The molecule has 1 heterocycles. The Kier molecular flexibility index (Phi) is 4.41. The fraction of sp³-hybridized carbons (Fsp3) is 0.500. The van der Waals surface area contributed by atoms with Crippen LogP contribution >= 0.6 is 22.6 Å². The van der Waals surface area contributed by atoms with Crippen molar-refractivity contribution in [1.82, 2.24) is 4.90 Å². The zero-order chi connectivity index (χ0) is 10.5. The number of nitrogens with zero attached hydrogens (tertiary/aromatic N) is 1. The van der Waals surface area contributed by atoms with E-state index in [1.165, 1.54) is 5.56 Å². The SMILES string of the molecule is ICC1CN(Cc2ccccc2)CCO1. The van der Waals surface area contributed by atoms with Gasteiger partial charge in [0.2, 0.25) is 0 Å². The Morgan fingerprint density at radius 2 is 2.13 bits per heavy atom. The Morgan fingerprint density at radius 3 is 2.87 bits per heavy atom. The van der Waals surface area contributed by atoms with Gasteiger partial charge >= 0.3 is 0 Å². The van der Waals surface area contributed by atoms with Crippen LogP contribution in [-0.4, -0.2) is 35.1 Å². The molecule has 0 saturated carbocycles. The highest BCUT2D eigenvalue weighted by molar-refractivity contribution is 14.1. The van der Waals surface area contributed by atoms with E-state index < -0.39 is 0 Å². The Bertz CT molecular complexity index is 291. The van der Waals surface area contributed by atoms with Crippen molar-refractivity contribution in [3.63, 3.8) is 0 Å². The fourth-order valence-corrected chi connectivity index (χ4v) is 2.39. The summed E-state index contributed by atoms with van der Waals surface area (Å²) in [5, 5.41) is 0. The monoisotopic (exact) mass is 317 g/mol. The predicted octanol–water partition coefficient (Wildman–Crippen LogP) is 2.32. The first kappa shape index (κ1) is 11.4. The molecule has 1 unspecified atom stereocenters. The molecule has 1 aliphatic rings. The lowest BCUT2D eigenvalue weighted by atomic mass is 10.2. The molecule has 0 aliphatic carbocycles. The van der Waals surface area contributed by atoms with Gasteiger partial charge in [0.15, 0.2) is 0 Å². The van der Waals surface area contributed by atoms with Gasteiger partial charge in [0.1, 0.15) is 0 Å². The van der Waals surface area contributed by atoms with Crippen molar-refractivity contribution < 1.29 is 4.74 Å². The van der Waals surface area contributed by atoms with Gasteiger partial charge in [-0.05, 0) is 5.56 Å². The Morgan fingerprint density at radius 1 is 1.33 bits per heavy atom. The van der Waals surface area contributed by atoms with Crippen LogP contribution in [0.15, 0.2) is 30.3 Å². The van der Waals surface area contributed by atoms with E-state index in [0.29, 0.717) is 6.10 Å². The van der Waals surface area contributed by atoms with E-state index in [1.54, 1.807) is 0 Å². The molecule has 1 aromatic carbocycles. The summed E-state index contributed by atoms with van der Waals surface area (Å²) in [6, 6.07) is 10.6. The van der Waals surface area contributed by atoms with Crippen molar-refractivity contribution in [3.05, 3.63) is 35.9 Å². The molecule has 82 valence electrons. The van der Waals surface area contributed by atoms with Crippen LogP contribution in [-0.2, 0) is 11.3 Å². The first-order valence-electron chi connectivity index (χ1n) is 5.32. The number of ether oxygens (including phenoxy) is 1. The molecule has 1 aromatic rings. The minimum Gasteiger partial charge on any atom is -0.375 e. The third-order valence-electron chi connectivity index (χ3n) is 2.64. The number of hydrogen-bond donors (Lipinski definition) is 0. The van der Waals surface area contributed by atoms with Gasteiger partial charge in [-0.25, -0.2) is 0 Å². The summed E-state index contributed by atoms with van der Waals surface area (Å²) in [6.45, 7) is 4.05. The van der Waals surface area contributed by atoms with Crippen LogP contribution in [0.5, 0.6) is 0 Å². The van der Waals surface area contributed by atoms with Gasteiger partial charge in [-0.15, -0.1) is 0 Å². The van der Waals surface area contributed by atoms with Crippen LogP contribution in [0.2, 0.25) is 0 Å². The van der Waals surface area contributed by atoms with Gasteiger partial charge in [0, 0.05) is 24.1 Å². The van der Waals surface area contributed by atoms with Crippen molar-refractivity contribution >= 4 is 22.6 Å². The minimum atomic E-state index is 0.420. The molecule has 0 spiro atoms. The van der Waals surface area contributed by atoms with E-state index in [9.17, 15) is 0 Å². The lowest BCUT2D eigenvalue weighted by Gasteiger charge is -2.32. The minimum absolute atomic E-state index is 0.420. The van der Waals surface area contributed by atoms with Gasteiger partial charge in [-0.3, -0.25) is 4.90 Å². The number of hydrogen-bond acceptors (Lipinski definition) is 2. The molecule has 0 radical (unpaired) electrons. The molecule has 1 saturated heterocycles. The lowest BCUT2D eigenvalue weighted by Crippen LogP contribution is -2.42. The molecule has 15 heavy (non-hydrogen) atoms. The van der Waals surface area contributed by atoms with E-state index in [1.807, 2.05) is 0 Å². The van der Waals surface area contributed by atoms with Crippen molar-refractivity contribution in [2.24, 2.45) is 0 Å². The zero-order valence-corrected chi connectivity index (χ0v) is 10.9. The maximum Gasteiger partial charge on any atom is 0.0791 e. The number of morpholine rings is 1. The van der Waals surface area contributed by atoms with Gasteiger partial charge < -0.3 is 4.74 Å². The van der Waals surface area contributed by atoms with Crippen molar-refractivity contribution in [2.75, 3.05) is 24.1 Å². The van der Waals surface area contributed by atoms with Crippen molar-refractivity contribution in [3.8, 4) is 0 Å². The average Bonchev–Trinajstić information content (AvgIpc) is 2.31. The van der Waals surface area contributed by atoms with Gasteiger partial charge in [-0.1, -0.05) is 52.9 Å². The Hall–Kier alpha value is -0.130. The van der Waals surface area contributed by atoms with E-state index in [2.05, 4.69) is 57.8 Å². The molecule has 1 atom stereocenters. The lowest BCUT2D eigenvalue weighted by molar-refractivity contribution is -0.0172. The smallest absolute Gasteiger partial charge is 0.0791 e. The molecular weight excluding hydrogens is 301 g/mol. The first-order chi connectivity index (χ1) is 7.38. The number of rotatable bonds is 3. The molecular formula is C12H16INO. The largest absolute Gasteiger partial charge is 0.375 e. The van der Waals surface area contributed by atoms with Gasteiger partial charge in [0.25, 0.3) is 0 Å². The van der Waals surface area contributed by atoms with E-state index in [4.69, 9.17) is 4.74 Å². The van der Waals surface area contributed by atoms with Gasteiger partial charge in [0.05, 0.1) is 12.7 Å². The first-order valence-corrected chi connectivity index (χ1v) is 6.85. The standard InChI is InChI=1S/C12H16INO/c13-8-12-10-14(6-7-15-12)9-11-4-2-1-3-5-11/h1-5,12H,6-10H2. The van der Waals surface area contributed by atoms with E-state index in [-0.39, 0.29) is 0 Å². The summed E-state index contributed by atoms with van der Waals surface area (Å²) in [7, 11) is 0. The molecule has 0 bridgehead atoms. The van der Waals surface area contributed by atoms with E-state index >= 15 is 0 Å². The summed E-state index contributed by atoms with van der Waals surface area (Å²) in [5.74, 6) is 0. The number of halogens is 1. The molecule has 0 amide bonds.